The van der Waals surface area contributed by atoms with Gasteiger partial charge in [0.05, 0.1) is 23.4 Å². The molecule has 29 heavy (non-hydrogen) atoms. The Kier molecular flexibility index (Phi) is 5.71. The van der Waals surface area contributed by atoms with Crippen molar-refractivity contribution in [2.24, 2.45) is 0 Å². The van der Waals surface area contributed by atoms with Gasteiger partial charge >= 0.3 is 5.69 Å². The van der Waals surface area contributed by atoms with Crippen molar-refractivity contribution < 1.29 is 18.9 Å². The number of hydrogen-bond acceptors (Lipinski definition) is 7. The molecule has 0 radical (unpaired) electrons. The molecule has 152 valence electrons. The van der Waals surface area contributed by atoms with Gasteiger partial charge in [0, 0.05) is 19.3 Å². The average Bonchev–Trinajstić information content (AvgIpc) is 3.44. The Morgan fingerprint density at radius 1 is 1.14 bits per heavy atom. The maximum atomic E-state index is 12.6. The third-order valence-corrected chi connectivity index (χ3v) is 4.03. The molecule has 0 saturated carbocycles. The molecule has 12 nitrogen and oxygen atoms in total. The van der Waals surface area contributed by atoms with Gasteiger partial charge < -0.3 is 15.1 Å². The van der Waals surface area contributed by atoms with E-state index in [1.165, 1.54) is 28.0 Å². The van der Waals surface area contributed by atoms with Gasteiger partial charge in [-0.2, -0.15) is 10.2 Å². The molecule has 0 spiro atoms. The Labute approximate surface area is 164 Å². The lowest BCUT2D eigenvalue weighted by Crippen LogP contribution is -2.25. The zero-order valence-electron chi connectivity index (χ0n) is 15.8. The van der Waals surface area contributed by atoms with Crippen LogP contribution in [0.5, 0.6) is 0 Å². The number of carbonyl (C=O) groups excluding carboxylic acids is 2. The van der Waals surface area contributed by atoms with Crippen molar-refractivity contribution in [2.45, 2.75) is 33.5 Å². The molecule has 3 heterocycles. The lowest BCUT2D eigenvalue weighted by Gasteiger charge is -2.04. The standard InChI is InChI=1S/C17H19N7O5/c1-3-22-9-12(14(20-22)16(25)18-8-11-6-5-7-29-11)19-17(26)15-13(24(27)28)10-23(4-2)21-15/h5-7,9-10H,3-4,8H2,1-2H3,(H,18,25)(H,19,26). The third-order valence-electron chi connectivity index (χ3n) is 4.03. The molecule has 0 aromatic carbocycles. The summed E-state index contributed by atoms with van der Waals surface area (Å²) in [6.07, 6.45) is 4.14. The van der Waals surface area contributed by atoms with Crippen molar-refractivity contribution in [3.05, 3.63) is 58.1 Å². The number of nitrogens with one attached hydrogen (secondary N) is 2. The Balaban J connectivity index is 1.82. The van der Waals surface area contributed by atoms with E-state index in [1.54, 1.807) is 19.1 Å². The first-order valence-electron chi connectivity index (χ1n) is 8.84. The van der Waals surface area contributed by atoms with E-state index in [-0.39, 0.29) is 23.6 Å². The molecule has 0 aliphatic carbocycles. The first-order chi connectivity index (χ1) is 13.9. The molecule has 0 aliphatic rings. The first-order valence-corrected chi connectivity index (χ1v) is 8.84. The quantitative estimate of drug-likeness (QED) is 0.431. The van der Waals surface area contributed by atoms with Crippen molar-refractivity contribution in [1.82, 2.24) is 24.9 Å². The number of aryl methyl sites for hydroxylation is 2. The minimum atomic E-state index is -0.806. The van der Waals surface area contributed by atoms with Gasteiger partial charge in [-0.15, -0.1) is 0 Å². The summed E-state index contributed by atoms with van der Waals surface area (Å²) < 4.78 is 7.92. The van der Waals surface area contributed by atoms with Gasteiger partial charge in [0.25, 0.3) is 11.8 Å². The lowest BCUT2D eigenvalue weighted by atomic mass is 10.3. The summed E-state index contributed by atoms with van der Waals surface area (Å²) in [5.41, 5.74) is -0.669. The van der Waals surface area contributed by atoms with E-state index in [4.69, 9.17) is 4.42 Å². The maximum absolute atomic E-state index is 12.6. The van der Waals surface area contributed by atoms with Crippen LogP contribution in [0, 0.1) is 10.1 Å². The van der Waals surface area contributed by atoms with Crippen molar-refractivity contribution in [2.75, 3.05) is 5.32 Å². The van der Waals surface area contributed by atoms with Crippen molar-refractivity contribution >= 4 is 23.2 Å². The summed E-state index contributed by atoms with van der Waals surface area (Å²) in [6.45, 7) is 4.52. The molecular formula is C17H19N7O5. The minimum Gasteiger partial charge on any atom is -0.467 e. The Bertz CT molecular complexity index is 1030. The van der Waals surface area contributed by atoms with Crippen LogP contribution in [-0.2, 0) is 19.6 Å². The van der Waals surface area contributed by atoms with Crippen LogP contribution in [0.4, 0.5) is 11.4 Å². The summed E-state index contributed by atoms with van der Waals surface area (Å²) >= 11 is 0. The highest BCUT2D eigenvalue weighted by Gasteiger charge is 2.27. The van der Waals surface area contributed by atoms with Gasteiger partial charge in [0.15, 0.2) is 5.69 Å². The predicted molar refractivity (Wildman–Crippen MR) is 100 cm³/mol. The van der Waals surface area contributed by atoms with E-state index in [9.17, 15) is 19.7 Å². The van der Waals surface area contributed by atoms with E-state index in [0.29, 0.717) is 18.8 Å². The molecule has 0 fully saturated rings. The molecule has 0 aliphatic heterocycles. The molecule has 3 rings (SSSR count). The second-order valence-electron chi connectivity index (χ2n) is 5.94. The molecule has 0 unspecified atom stereocenters. The molecule has 0 saturated heterocycles. The Morgan fingerprint density at radius 2 is 1.83 bits per heavy atom. The topological polar surface area (TPSA) is 150 Å². The van der Waals surface area contributed by atoms with Crippen LogP contribution >= 0.6 is 0 Å². The van der Waals surface area contributed by atoms with Gasteiger partial charge in [-0.25, -0.2) is 0 Å². The molecule has 0 atom stereocenters. The van der Waals surface area contributed by atoms with Crippen LogP contribution in [0.25, 0.3) is 0 Å². The number of nitrogens with zero attached hydrogens (tertiary/aromatic N) is 5. The fourth-order valence-corrected chi connectivity index (χ4v) is 2.56. The average molecular weight is 401 g/mol. The smallest absolute Gasteiger partial charge is 0.320 e. The van der Waals surface area contributed by atoms with Crippen molar-refractivity contribution in [1.29, 1.82) is 0 Å². The van der Waals surface area contributed by atoms with Gasteiger partial charge in [-0.1, -0.05) is 0 Å². The molecule has 0 bridgehead atoms. The molecule has 3 aromatic rings. The Morgan fingerprint density at radius 3 is 2.45 bits per heavy atom. The van der Waals surface area contributed by atoms with Gasteiger partial charge in [0.2, 0.25) is 5.69 Å². The summed E-state index contributed by atoms with van der Waals surface area (Å²) in [4.78, 5) is 35.7. The zero-order chi connectivity index (χ0) is 21.0. The number of nitro groups is 1. The molecule has 12 heteroatoms. The number of aromatic nitrogens is 4. The van der Waals surface area contributed by atoms with E-state index in [0.717, 1.165) is 0 Å². The highest BCUT2D eigenvalue weighted by Crippen LogP contribution is 2.20. The number of carbonyl (C=O) groups is 2. The fraction of sp³-hybridized carbons (Fsp3) is 0.294. The normalized spacial score (nSPS) is 10.7. The van der Waals surface area contributed by atoms with Gasteiger partial charge in [0.1, 0.15) is 12.0 Å². The second-order valence-corrected chi connectivity index (χ2v) is 5.94. The van der Waals surface area contributed by atoms with E-state index in [1.807, 2.05) is 6.92 Å². The van der Waals surface area contributed by atoms with Crippen LogP contribution in [0.1, 0.15) is 40.6 Å². The van der Waals surface area contributed by atoms with E-state index >= 15 is 0 Å². The second kappa shape index (κ2) is 8.37. The monoisotopic (exact) mass is 401 g/mol. The summed E-state index contributed by atoms with van der Waals surface area (Å²) in [5.74, 6) is -0.781. The third kappa shape index (κ3) is 4.31. The van der Waals surface area contributed by atoms with Crippen LogP contribution in [0.2, 0.25) is 0 Å². The number of amides is 2. The van der Waals surface area contributed by atoms with Crippen LogP contribution < -0.4 is 10.6 Å². The minimum absolute atomic E-state index is 0.0238. The summed E-state index contributed by atoms with van der Waals surface area (Å²) in [6, 6.07) is 3.40. The van der Waals surface area contributed by atoms with Gasteiger partial charge in [-0.3, -0.25) is 29.1 Å². The summed E-state index contributed by atoms with van der Waals surface area (Å²) in [7, 11) is 0. The molecule has 3 aromatic heterocycles. The SMILES string of the molecule is CCn1cc(NC(=O)c2nn(CC)cc2[N+](=O)[O-])c(C(=O)NCc2ccco2)n1. The molecular weight excluding hydrogens is 382 g/mol. The van der Waals surface area contributed by atoms with Crippen molar-refractivity contribution in [3.8, 4) is 0 Å². The fourth-order valence-electron chi connectivity index (χ4n) is 2.56. The maximum Gasteiger partial charge on any atom is 0.320 e. The van der Waals surface area contributed by atoms with Crippen LogP contribution in [0.3, 0.4) is 0 Å². The number of furan rings is 1. The van der Waals surface area contributed by atoms with Crippen molar-refractivity contribution in [3.63, 3.8) is 0 Å². The largest absolute Gasteiger partial charge is 0.467 e. The van der Waals surface area contributed by atoms with E-state index < -0.39 is 22.4 Å². The molecule has 2 N–H and O–H groups in total. The first kappa shape index (κ1) is 19.8. The summed E-state index contributed by atoms with van der Waals surface area (Å²) in [5, 5.41) is 24.5. The number of anilines is 1. The van der Waals surface area contributed by atoms with Crippen LogP contribution in [-0.4, -0.2) is 36.3 Å². The highest BCUT2D eigenvalue weighted by atomic mass is 16.6. The van der Waals surface area contributed by atoms with Gasteiger partial charge in [-0.05, 0) is 26.0 Å². The Hall–Kier alpha value is -3.96. The van der Waals surface area contributed by atoms with Crippen LogP contribution in [0.15, 0.2) is 35.2 Å². The predicted octanol–water partition coefficient (Wildman–Crippen LogP) is 1.80. The molecule has 2 amide bonds. The lowest BCUT2D eigenvalue weighted by molar-refractivity contribution is -0.385. The number of rotatable bonds is 8. The number of hydrogen-bond donors (Lipinski definition) is 2. The highest BCUT2D eigenvalue weighted by molar-refractivity contribution is 6.09. The zero-order valence-corrected chi connectivity index (χ0v) is 15.8. The van der Waals surface area contributed by atoms with E-state index in [2.05, 4.69) is 20.8 Å².